The summed E-state index contributed by atoms with van der Waals surface area (Å²) in [5.41, 5.74) is 3.45. The molecule has 0 spiro atoms. The number of hydrogen-bond donors (Lipinski definition) is 1. The highest BCUT2D eigenvalue weighted by Gasteiger charge is 2.23. The maximum Gasteiger partial charge on any atom is 0.163 e. The van der Waals surface area contributed by atoms with E-state index < -0.39 is 0 Å². The molecule has 2 aromatic heterocycles. The second-order valence-electron chi connectivity index (χ2n) is 4.79. The summed E-state index contributed by atoms with van der Waals surface area (Å²) in [6, 6.07) is 10.3. The van der Waals surface area contributed by atoms with Crippen LogP contribution in [-0.2, 0) is 6.42 Å². The third kappa shape index (κ3) is 1.66. The Morgan fingerprint density at radius 3 is 3.16 bits per heavy atom. The zero-order valence-electron chi connectivity index (χ0n) is 10.3. The maximum atomic E-state index is 4.28. The van der Waals surface area contributed by atoms with Gasteiger partial charge < -0.3 is 5.32 Å². The number of fused-ring (bicyclic) bond motifs is 2. The minimum absolute atomic E-state index is 0.448. The largest absolute Gasteiger partial charge is 0.384 e. The Labute approximate surface area is 110 Å². The summed E-state index contributed by atoms with van der Waals surface area (Å²) in [6.45, 7) is 0.953. The van der Waals surface area contributed by atoms with Gasteiger partial charge in [0.2, 0.25) is 0 Å². The van der Waals surface area contributed by atoms with E-state index in [1.165, 1.54) is 11.3 Å². The topological polar surface area (TPSA) is 55.1 Å². The molecule has 1 aromatic carbocycles. The van der Waals surface area contributed by atoms with Crippen LogP contribution in [0.1, 0.15) is 17.3 Å². The second kappa shape index (κ2) is 4.05. The summed E-state index contributed by atoms with van der Waals surface area (Å²) in [4.78, 5) is 4.13. The summed E-state index contributed by atoms with van der Waals surface area (Å²) in [7, 11) is 0. The minimum Gasteiger partial charge on any atom is -0.384 e. The number of hydrogen-bond acceptors (Lipinski definition) is 4. The fraction of sp³-hybridized carbons (Fsp3) is 0.214. The van der Waals surface area contributed by atoms with Crippen molar-refractivity contribution in [3.63, 3.8) is 0 Å². The van der Waals surface area contributed by atoms with Crippen LogP contribution in [0.3, 0.4) is 0 Å². The maximum absolute atomic E-state index is 4.28. The van der Waals surface area contributed by atoms with Crippen LogP contribution in [0.4, 0.5) is 5.69 Å². The van der Waals surface area contributed by atoms with Crippen molar-refractivity contribution in [2.24, 2.45) is 0 Å². The van der Waals surface area contributed by atoms with Crippen LogP contribution in [0.15, 0.2) is 42.9 Å². The van der Waals surface area contributed by atoms with Crippen LogP contribution in [0, 0.1) is 0 Å². The van der Waals surface area contributed by atoms with Gasteiger partial charge in [-0.15, -0.1) is 10.2 Å². The van der Waals surface area contributed by atoms with Gasteiger partial charge in [0, 0.05) is 36.8 Å². The molecule has 1 atom stereocenters. The van der Waals surface area contributed by atoms with Crippen molar-refractivity contribution in [2.75, 3.05) is 11.9 Å². The molecule has 0 amide bonds. The van der Waals surface area contributed by atoms with Crippen molar-refractivity contribution >= 4 is 11.3 Å². The molecule has 0 fully saturated rings. The highest BCUT2D eigenvalue weighted by atomic mass is 15.3. The number of rotatable bonds is 2. The van der Waals surface area contributed by atoms with Crippen LogP contribution in [-0.4, -0.2) is 26.1 Å². The van der Waals surface area contributed by atoms with Gasteiger partial charge in [-0.2, -0.15) is 0 Å². The van der Waals surface area contributed by atoms with Crippen LogP contribution in [0.5, 0.6) is 0 Å². The van der Waals surface area contributed by atoms with Crippen molar-refractivity contribution in [3.8, 4) is 0 Å². The van der Waals surface area contributed by atoms with Crippen LogP contribution in [0.2, 0.25) is 0 Å². The van der Waals surface area contributed by atoms with Gasteiger partial charge in [0.25, 0.3) is 0 Å². The number of anilines is 1. The molecule has 4 rings (SSSR count). The van der Waals surface area contributed by atoms with Crippen molar-refractivity contribution in [2.45, 2.75) is 12.3 Å². The number of aromatic nitrogens is 4. The fourth-order valence-corrected chi connectivity index (χ4v) is 2.69. The lowest BCUT2D eigenvalue weighted by atomic mass is 9.98. The van der Waals surface area contributed by atoms with E-state index in [2.05, 4.69) is 44.8 Å². The number of para-hydroxylation sites is 1. The second-order valence-corrected chi connectivity index (χ2v) is 4.79. The lowest BCUT2D eigenvalue weighted by Crippen LogP contribution is -2.08. The van der Waals surface area contributed by atoms with Crippen molar-refractivity contribution in [1.82, 2.24) is 19.6 Å². The SMILES string of the molecule is c1ccc2c(c1)NCC2Cc1nnc2ccncn12. The lowest BCUT2D eigenvalue weighted by molar-refractivity contribution is 0.703. The van der Waals surface area contributed by atoms with E-state index in [-0.39, 0.29) is 0 Å². The molecule has 0 bridgehead atoms. The van der Waals surface area contributed by atoms with E-state index in [4.69, 9.17) is 0 Å². The number of nitrogens with zero attached hydrogens (tertiary/aromatic N) is 4. The molecule has 1 unspecified atom stereocenters. The van der Waals surface area contributed by atoms with Gasteiger partial charge in [-0.3, -0.25) is 4.40 Å². The van der Waals surface area contributed by atoms with Crippen LogP contribution >= 0.6 is 0 Å². The van der Waals surface area contributed by atoms with E-state index in [1.807, 2.05) is 10.5 Å². The average molecular weight is 251 g/mol. The van der Waals surface area contributed by atoms with Gasteiger partial charge in [-0.25, -0.2) is 4.98 Å². The first kappa shape index (κ1) is 10.5. The first-order valence-corrected chi connectivity index (χ1v) is 6.38. The zero-order valence-corrected chi connectivity index (χ0v) is 10.3. The Hall–Kier alpha value is -2.43. The van der Waals surface area contributed by atoms with Gasteiger partial charge in [0.15, 0.2) is 5.65 Å². The molecule has 0 aliphatic carbocycles. The van der Waals surface area contributed by atoms with Gasteiger partial charge in [-0.1, -0.05) is 18.2 Å². The monoisotopic (exact) mass is 251 g/mol. The van der Waals surface area contributed by atoms with Crippen LogP contribution < -0.4 is 5.32 Å². The molecular formula is C14H13N5. The summed E-state index contributed by atoms with van der Waals surface area (Å²) >= 11 is 0. The van der Waals surface area contributed by atoms with Crippen molar-refractivity contribution in [3.05, 3.63) is 54.2 Å². The molecule has 5 heteroatoms. The molecule has 0 saturated carbocycles. The van der Waals surface area contributed by atoms with Gasteiger partial charge in [-0.05, 0) is 11.6 Å². The first-order valence-electron chi connectivity index (χ1n) is 6.38. The Bertz CT molecular complexity index is 733. The molecule has 94 valence electrons. The Balaban J connectivity index is 1.70. The Morgan fingerprint density at radius 1 is 1.21 bits per heavy atom. The zero-order chi connectivity index (χ0) is 12.7. The predicted molar refractivity (Wildman–Crippen MR) is 72.2 cm³/mol. The minimum atomic E-state index is 0.448. The van der Waals surface area contributed by atoms with E-state index in [9.17, 15) is 0 Å². The Kier molecular flexibility index (Phi) is 2.24. The summed E-state index contributed by atoms with van der Waals surface area (Å²) in [6.07, 6.45) is 4.38. The van der Waals surface area contributed by atoms with E-state index in [1.54, 1.807) is 12.5 Å². The van der Waals surface area contributed by atoms with Crippen molar-refractivity contribution in [1.29, 1.82) is 0 Å². The smallest absolute Gasteiger partial charge is 0.163 e. The van der Waals surface area contributed by atoms with Crippen LogP contribution in [0.25, 0.3) is 5.65 Å². The first-order chi connectivity index (χ1) is 9.42. The standard InChI is InChI=1S/C14H13N5/c1-2-4-12-11(3-1)10(8-16-12)7-14-18-17-13-5-6-15-9-19(13)14/h1-6,9-10,16H,7-8H2. The molecule has 0 saturated heterocycles. The van der Waals surface area contributed by atoms with E-state index in [0.29, 0.717) is 5.92 Å². The normalized spacial score (nSPS) is 17.4. The third-order valence-electron chi connectivity index (χ3n) is 3.65. The molecule has 3 heterocycles. The number of nitrogens with one attached hydrogen (secondary N) is 1. The molecular weight excluding hydrogens is 238 g/mol. The molecule has 1 aliphatic rings. The number of benzene rings is 1. The summed E-state index contributed by atoms with van der Waals surface area (Å²) in [5, 5.41) is 11.9. The average Bonchev–Trinajstić information content (AvgIpc) is 3.05. The summed E-state index contributed by atoms with van der Waals surface area (Å²) < 4.78 is 1.96. The predicted octanol–water partition coefficient (Wildman–Crippen LogP) is 1.88. The van der Waals surface area contributed by atoms with E-state index in [0.717, 1.165) is 24.4 Å². The lowest BCUT2D eigenvalue weighted by Gasteiger charge is -2.08. The third-order valence-corrected chi connectivity index (χ3v) is 3.65. The Morgan fingerprint density at radius 2 is 2.16 bits per heavy atom. The molecule has 1 N–H and O–H groups in total. The fourth-order valence-electron chi connectivity index (χ4n) is 2.69. The quantitative estimate of drug-likeness (QED) is 0.755. The highest BCUT2D eigenvalue weighted by Crippen LogP contribution is 2.32. The molecule has 0 radical (unpaired) electrons. The van der Waals surface area contributed by atoms with Gasteiger partial charge in [0.1, 0.15) is 12.2 Å². The van der Waals surface area contributed by atoms with Gasteiger partial charge >= 0.3 is 0 Å². The highest BCUT2D eigenvalue weighted by molar-refractivity contribution is 5.57. The molecule has 1 aliphatic heterocycles. The molecule has 19 heavy (non-hydrogen) atoms. The molecule has 3 aromatic rings. The van der Waals surface area contributed by atoms with Crippen molar-refractivity contribution < 1.29 is 0 Å². The molecule has 5 nitrogen and oxygen atoms in total. The summed E-state index contributed by atoms with van der Waals surface area (Å²) in [5.74, 6) is 1.41. The van der Waals surface area contributed by atoms with Gasteiger partial charge in [0.05, 0.1) is 0 Å². The van der Waals surface area contributed by atoms with E-state index >= 15 is 0 Å².